The average Bonchev–Trinajstić information content (AvgIpc) is 2.41. The number of carboxylic acid groups (broad SMARTS) is 1. The molecular weight excluding hydrogens is 270 g/mol. The molecule has 0 spiro atoms. The van der Waals surface area contributed by atoms with Crippen LogP contribution in [0.15, 0.2) is 36.5 Å². The zero-order chi connectivity index (χ0) is 13.8. The summed E-state index contributed by atoms with van der Waals surface area (Å²) in [4.78, 5) is 14.8. The molecule has 0 atom stereocenters. The molecular formula is C13H10ClNO4. The second-order valence-corrected chi connectivity index (χ2v) is 4.06. The third kappa shape index (κ3) is 3.01. The fourth-order valence-electron chi connectivity index (χ4n) is 1.44. The van der Waals surface area contributed by atoms with Gasteiger partial charge in [0.2, 0.25) is 5.88 Å². The summed E-state index contributed by atoms with van der Waals surface area (Å²) in [5.74, 6) is -0.666. The maximum Gasteiger partial charge on any atom is 0.337 e. The Labute approximate surface area is 114 Å². The number of halogens is 1. The number of pyridine rings is 1. The maximum atomic E-state index is 10.9. The number of ether oxygens (including phenoxy) is 1. The number of carbonyl (C=O) groups is 1. The van der Waals surface area contributed by atoms with Gasteiger partial charge in [-0.2, -0.15) is 0 Å². The van der Waals surface area contributed by atoms with Crippen LogP contribution in [0, 0.1) is 0 Å². The van der Waals surface area contributed by atoms with Gasteiger partial charge in [0.25, 0.3) is 0 Å². The molecule has 5 nitrogen and oxygen atoms in total. The first-order valence-electron chi connectivity index (χ1n) is 5.37. The van der Waals surface area contributed by atoms with Gasteiger partial charge in [0, 0.05) is 6.20 Å². The van der Waals surface area contributed by atoms with Gasteiger partial charge in [0.15, 0.2) is 0 Å². The minimum atomic E-state index is -1.15. The van der Waals surface area contributed by atoms with Crippen molar-refractivity contribution in [2.75, 3.05) is 0 Å². The van der Waals surface area contributed by atoms with E-state index >= 15 is 0 Å². The lowest BCUT2D eigenvalue weighted by Gasteiger charge is -2.08. The van der Waals surface area contributed by atoms with Gasteiger partial charge in [0.05, 0.1) is 12.2 Å². The molecule has 1 aromatic carbocycles. The normalized spacial score (nSPS) is 10.2. The first kappa shape index (κ1) is 13.3. The summed E-state index contributed by atoms with van der Waals surface area (Å²) in [5, 5.41) is 17.8. The number of aromatic carboxylic acids is 1. The number of rotatable bonds is 4. The van der Waals surface area contributed by atoms with E-state index in [4.69, 9.17) is 26.6 Å². The Balaban J connectivity index is 2.27. The number of aromatic nitrogens is 1. The molecule has 0 unspecified atom stereocenters. The predicted octanol–water partition coefficient (Wildman–Crippen LogP) is 2.72. The molecule has 0 bridgehead atoms. The van der Waals surface area contributed by atoms with Crippen molar-refractivity contribution in [1.82, 2.24) is 4.98 Å². The van der Waals surface area contributed by atoms with E-state index < -0.39 is 5.97 Å². The fraction of sp³-hybridized carbons (Fsp3) is 0.0769. The van der Waals surface area contributed by atoms with Gasteiger partial charge in [0.1, 0.15) is 10.8 Å². The average molecular weight is 280 g/mol. The third-order valence-corrected chi connectivity index (χ3v) is 2.77. The Hall–Kier alpha value is -2.11. The standard InChI is InChI=1S/C13H10ClNO4/c14-11-10(13(17)18)5-6-15-12(11)19-9-3-1-8(7-16)2-4-9/h1-6,16H,7H2,(H,17,18). The quantitative estimate of drug-likeness (QED) is 0.899. The van der Waals surface area contributed by atoms with Crippen LogP contribution >= 0.6 is 11.6 Å². The Morgan fingerprint density at radius 1 is 1.26 bits per heavy atom. The molecule has 1 aromatic heterocycles. The zero-order valence-electron chi connectivity index (χ0n) is 9.71. The van der Waals surface area contributed by atoms with Crippen LogP contribution in [0.1, 0.15) is 15.9 Å². The Morgan fingerprint density at radius 2 is 1.95 bits per heavy atom. The van der Waals surface area contributed by atoms with Gasteiger partial charge in [-0.05, 0) is 23.8 Å². The number of aliphatic hydroxyl groups excluding tert-OH is 1. The summed E-state index contributed by atoms with van der Waals surface area (Å²) in [7, 11) is 0. The molecule has 0 saturated heterocycles. The van der Waals surface area contributed by atoms with Gasteiger partial charge < -0.3 is 14.9 Å². The largest absolute Gasteiger partial charge is 0.478 e. The molecule has 0 saturated carbocycles. The summed E-state index contributed by atoms with van der Waals surface area (Å²) < 4.78 is 5.41. The highest BCUT2D eigenvalue weighted by molar-refractivity contribution is 6.34. The molecule has 0 aliphatic heterocycles. The summed E-state index contributed by atoms with van der Waals surface area (Å²) >= 11 is 5.90. The molecule has 0 aliphatic carbocycles. The highest BCUT2D eigenvalue weighted by Crippen LogP contribution is 2.29. The number of hydrogen-bond acceptors (Lipinski definition) is 4. The van der Waals surface area contributed by atoms with Gasteiger partial charge >= 0.3 is 5.97 Å². The Kier molecular flexibility index (Phi) is 3.99. The van der Waals surface area contributed by atoms with Crippen molar-refractivity contribution < 1.29 is 19.7 Å². The summed E-state index contributed by atoms with van der Waals surface area (Å²) in [6.45, 7) is -0.0617. The van der Waals surface area contributed by atoms with Crippen LogP contribution in [0.5, 0.6) is 11.6 Å². The van der Waals surface area contributed by atoms with E-state index in [2.05, 4.69) is 4.98 Å². The smallest absolute Gasteiger partial charge is 0.337 e. The van der Waals surface area contributed by atoms with Gasteiger partial charge in [-0.25, -0.2) is 9.78 Å². The van der Waals surface area contributed by atoms with Crippen LogP contribution in [-0.4, -0.2) is 21.2 Å². The minimum absolute atomic E-state index is 0.0262. The third-order valence-electron chi connectivity index (χ3n) is 2.41. The molecule has 1 heterocycles. The number of aliphatic hydroxyl groups is 1. The molecule has 0 fully saturated rings. The topological polar surface area (TPSA) is 79.7 Å². The van der Waals surface area contributed by atoms with Crippen LogP contribution in [0.4, 0.5) is 0 Å². The highest BCUT2D eigenvalue weighted by Gasteiger charge is 2.14. The van der Waals surface area contributed by atoms with Crippen molar-refractivity contribution in [3.05, 3.63) is 52.7 Å². The van der Waals surface area contributed by atoms with Crippen molar-refractivity contribution >= 4 is 17.6 Å². The van der Waals surface area contributed by atoms with E-state index in [-0.39, 0.29) is 23.1 Å². The van der Waals surface area contributed by atoms with E-state index in [1.165, 1.54) is 12.3 Å². The number of hydrogen-bond donors (Lipinski definition) is 2. The van der Waals surface area contributed by atoms with Gasteiger partial charge in [-0.15, -0.1) is 0 Å². The van der Waals surface area contributed by atoms with Crippen molar-refractivity contribution in [3.8, 4) is 11.6 Å². The predicted molar refractivity (Wildman–Crippen MR) is 68.6 cm³/mol. The number of nitrogens with zero attached hydrogens (tertiary/aromatic N) is 1. The second-order valence-electron chi connectivity index (χ2n) is 3.69. The lowest BCUT2D eigenvalue weighted by Crippen LogP contribution is -2.00. The molecule has 6 heteroatoms. The van der Waals surface area contributed by atoms with E-state index in [9.17, 15) is 4.79 Å². The van der Waals surface area contributed by atoms with E-state index in [0.29, 0.717) is 5.75 Å². The molecule has 2 N–H and O–H groups in total. The van der Waals surface area contributed by atoms with Crippen LogP contribution in [0.2, 0.25) is 5.02 Å². The van der Waals surface area contributed by atoms with Crippen LogP contribution in [0.25, 0.3) is 0 Å². The highest BCUT2D eigenvalue weighted by atomic mass is 35.5. The number of carboxylic acids is 1. The summed E-state index contributed by atoms with van der Waals surface area (Å²) in [6.07, 6.45) is 1.31. The summed E-state index contributed by atoms with van der Waals surface area (Å²) in [5.41, 5.74) is 0.671. The first-order chi connectivity index (χ1) is 9.11. The second kappa shape index (κ2) is 5.69. The molecule has 2 rings (SSSR count). The van der Waals surface area contributed by atoms with Gasteiger partial charge in [-0.3, -0.25) is 0 Å². The van der Waals surface area contributed by atoms with Crippen LogP contribution in [0.3, 0.4) is 0 Å². The molecule has 0 radical (unpaired) electrons. The van der Waals surface area contributed by atoms with Crippen LogP contribution < -0.4 is 4.74 Å². The molecule has 0 amide bonds. The van der Waals surface area contributed by atoms with E-state index in [1.807, 2.05) is 0 Å². The van der Waals surface area contributed by atoms with Crippen molar-refractivity contribution in [3.63, 3.8) is 0 Å². The van der Waals surface area contributed by atoms with Gasteiger partial charge in [-0.1, -0.05) is 23.7 Å². The molecule has 2 aromatic rings. The number of benzene rings is 1. The monoisotopic (exact) mass is 279 g/mol. The Morgan fingerprint density at radius 3 is 2.53 bits per heavy atom. The molecule has 0 aliphatic rings. The minimum Gasteiger partial charge on any atom is -0.478 e. The Bertz CT molecular complexity index is 598. The summed E-state index contributed by atoms with van der Waals surface area (Å²) in [6, 6.07) is 7.94. The van der Waals surface area contributed by atoms with E-state index in [1.54, 1.807) is 24.3 Å². The van der Waals surface area contributed by atoms with Crippen molar-refractivity contribution in [2.24, 2.45) is 0 Å². The lowest BCUT2D eigenvalue weighted by atomic mass is 10.2. The fourth-order valence-corrected chi connectivity index (χ4v) is 1.67. The van der Waals surface area contributed by atoms with Crippen molar-refractivity contribution in [1.29, 1.82) is 0 Å². The molecule has 19 heavy (non-hydrogen) atoms. The SMILES string of the molecule is O=C(O)c1ccnc(Oc2ccc(CO)cc2)c1Cl. The molecule has 98 valence electrons. The zero-order valence-corrected chi connectivity index (χ0v) is 10.5. The van der Waals surface area contributed by atoms with Crippen LogP contribution in [-0.2, 0) is 6.61 Å². The lowest BCUT2D eigenvalue weighted by molar-refractivity contribution is 0.0696. The van der Waals surface area contributed by atoms with Crippen molar-refractivity contribution in [2.45, 2.75) is 6.61 Å². The first-order valence-corrected chi connectivity index (χ1v) is 5.75. The maximum absolute atomic E-state index is 10.9. The van der Waals surface area contributed by atoms with E-state index in [0.717, 1.165) is 5.56 Å².